The molecule has 2 amide bonds. The molecule has 0 saturated carbocycles. The van der Waals surface area contributed by atoms with Crippen LogP contribution in [0.5, 0.6) is 0 Å². The van der Waals surface area contributed by atoms with Gasteiger partial charge in [-0.3, -0.25) is 9.59 Å². The summed E-state index contributed by atoms with van der Waals surface area (Å²) in [5.41, 5.74) is 0. The molecule has 1 heterocycles. The van der Waals surface area contributed by atoms with Crippen molar-refractivity contribution < 1.29 is 29.4 Å². The molecule has 0 radical (unpaired) electrons. The summed E-state index contributed by atoms with van der Waals surface area (Å²) < 4.78 is 0. The van der Waals surface area contributed by atoms with Crippen molar-refractivity contribution in [3.63, 3.8) is 0 Å². The summed E-state index contributed by atoms with van der Waals surface area (Å²) >= 11 is 1.58. The van der Waals surface area contributed by atoms with E-state index in [0.29, 0.717) is 32.2 Å². The summed E-state index contributed by atoms with van der Waals surface area (Å²) in [5, 5.41) is 20.5. The van der Waals surface area contributed by atoms with Crippen LogP contribution in [-0.4, -0.2) is 69.5 Å². The van der Waals surface area contributed by atoms with E-state index in [1.165, 1.54) is 4.90 Å². The maximum atomic E-state index is 11.8. The van der Waals surface area contributed by atoms with Gasteiger partial charge in [-0.15, -0.1) is 0 Å². The number of carboxylic acid groups (broad SMARTS) is 2. The van der Waals surface area contributed by atoms with Gasteiger partial charge in [-0.05, 0) is 44.1 Å². The molecule has 1 saturated heterocycles. The molecule has 1 rings (SSSR count). The predicted molar refractivity (Wildman–Crippen MR) is 132 cm³/mol. The Labute approximate surface area is 203 Å². The minimum atomic E-state index is -0.944. The normalized spacial score (nSPS) is 16.0. The molecule has 8 nitrogen and oxygen atoms in total. The maximum Gasteiger partial charge on any atom is 0.326 e. The molecular weight excluding hydrogens is 444 g/mol. The fourth-order valence-corrected chi connectivity index (χ4v) is 4.11. The largest absolute Gasteiger partial charge is 0.480 e. The van der Waals surface area contributed by atoms with Crippen molar-refractivity contribution in [3.05, 3.63) is 0 Å². The topological polar surface area (TPSA) is 124 Å². The predicted octanol–water partition coefficient (Wildman–Crippen LogP) is 4.31. The van der Waals surface area contributed by atoms with E-state index < -0.39 is 24.0 Å². The van der Waals surface area contributed by atoms with E-state index in [-0.39, 0.29) is 11.8 Å². The molecule has 1 aliphatic heterocycles. The summed E-state index contributed by atoms with van der Waals surface area (Å²) in [6.45, 7) is 4.86. The third-order valence-corrected chi connectivity index (χ3v) is 6.25. The lowest BCUT2D eigenvalue weighted by Crippen LogP contribution is -2.41. The first-order valence-electron chi connectivity index (χ1n) is 12.3. The Morgan fingerprint density at radius 1 is 0.970 bits per heavy atom. The molecule has 192 valence electrons. The highest BCUT2D eigenvalue weighted by molar-refractivity contribution is 7.98. The number of aliphatic carboxylic acids is 2. The summed E-state index contributed by atoms with van der Waals surface area (Å²) in [4.78, 5) is 46.6. The average Bonchev–Trinajstić information content (AvgIpc) is 3.28. The van der Waals surface area contributed by atoms with Crippen molar-refractivity contribution in [1.29, 1.82) is 0 Å². The molecule has 9 heteroatoms. The summed E-state index contributed by atoms with van der Waals surface area (Å²) in [6, 6.07) is -1.31. The molecule has 1 aliphatic rings. The van der Waals surface area contributed by atoms with Gasteiger partial charge in [-0.25, -0.2) is 9.59 Å². The lowest BCUT2D eigenvalue weighted by Gasteiger charge is -2.21. The van der Waals surface area contributed by atoms with Crippen molar-refractivity contribution in [1.82, 2.24) is 10.2 Å². The number of carbonyl (C=O) groups is 4. The fraction of sp³-hybridized carbons (Fsp3) is 0.833. The van der Waals surface area contributed by atoms with Crippen LogP contribution in [0.25, 0.3) is 0 Å². The zero-order valence-electron chi connectivity index (χ0n) is 20.6. The van der Waals surface area contributed by atoms with Gasteiger partial charge >= 0.3 is 11.9 Å². The lowest BCUT2D eigenvalue weighted by atomic mass is 10.1. The first-order chi connectivity index (χ1) is 15.8. The molecule has 0 aliphatic carbocycles. The number of hydrogen-bond donors (Lipinski definition) is 3. The third kappa shape index (κ3) is 14.9. The van der Waals surface area contributed by atoms with Crippen molar-refractivity contribution >= 4 is 35.5 Å². The highest BCUT2D eigenvalue weighted by atomic mass is 32.2. The molecular formula is C24H44N2O6S. The van der Waals surface area contributed by atoms with Gasteiger partial charge in [0.15, 0.2) is 0 Å². The summed E-state index contributed by atoms with van der Waals surface area (Å²) in [7, 11) is 0. The van der Waals surface area contributed by atoms with Gasteiger partial charge in [0.05, 0.1) is 0 Å². The highest BCUT2D eigenvalue weighted by Gasteiger charge is 2.33. The lowest BCUT2D eigenvalue weighted by molar-refractivity contribution is -0.148. The fourth-order valence-electron chi connectivity index (χ4n) is 3.64. The Morgan fingerprint density at radius 2 is 1.58 bits per heavy atom. The van der Waals surface area contributed by atoms with E-state index in [2.05, 4.69) is 19.2 Å². The average molecular weight is 489 g/mol. The zero-order valence-corrected chi connectivity index (χ0v) is 21.5. The first-order valence-corrected chi connectivity index (χ1v) is 13.7. The zero-order chi connectivity index (χ0) is 25.1. The number of hydrogen-bond acceptors (Lipinski definition) is 5. The second-order valence-corrected chi connectivity index (χ2v) is 9.43. The van der Waals surface area contributed by atoms with Crippen molar-refractivity contribution in [2.75, 3.05) is 18.6 Å². The van der Waals surface area contributed by atoms with Gasteiger partial charge in [0.25, 0.3) is 0 Å². The van der Waals surface area contributed by atoms with Crippen LogP contribution in [0.15, 0.2) is 0 Å². The highest BCUT2D eigenvalue weighted by Crippen LogP contribution is 2.19. The summed E-state index contributed by atoms with van der Waals surface area (Å²) in [5.74, 6) is -1.19. The van der Waals surface area contributed by atoms with E-state index in [9.17, 15) is 19.2 Å². The Balaban J connectivity index is 0.000000621. The molecule has 0 aromatic heterocycles. The van der Waals surface area contributed by atoms with Crippen molar-refractivity contribution in [3.8, 4) is 0 Å². The molecule has 0 spiro atoms. The molecule has 0 bridgehead atoms. The minimum Gasteiger partial charge on any atom is -0.480 e. The molecule has 0 aromatic carbocycles. The van der Waals surface area contributed by atoms with Gasteiger partial charge in [0.2, 0.25) is 11.8 Å². The third-order valence-electron chi connectivity index (χ3n) is 5.60. The number of unbranched alkanes of at least 4 members (excludes halogenated alkanes) is 6. The van der Waals surface area contributed by atoms with Crippen LogP contribution in [0.4, 0.5) is 0 Å². The van der Waals surface area contributed by atoms with Crippen LogP contribution >= 0.6 is 11.8 Å². The van der Waals surface area contributed by atoms with Crippen LogP contribution in [0.3, 0.4) is 0 Å². The minimum absolute atomic E-state index is 0.0148. The van der Waals surface area contributed by atoms with Crippen molar-refractivity contribution in [2.45, 2.75) is 109 Å². The molecule has 3 N–H and O–H groups in total. The van der Waals surface area contributed by atoms with Crippen molar-refractivity contribution in [2.24, 2.45) is 0 Å². The Bertz CT molecular complexity index is 587. The van der Waals surface area contributed by atoms with E-state index in [1.807, 2.05) is 6.26 Å². The molecule has 1 fully saturated rings. The van der Waals surface area contributed by atoms with Gasteiger partial charge in [0.1, 0.15) is 12.1 Å². The van der Waals surface area contributed by atoms with E-state index in [4.69, 9.17) is 10.2 Å². The Hall–Kier alpha value is -1.77. The number of likely N-dealkylation sites (tertiary alicyclic amines) is 1. The quantitative estimate of drug-likeness (QED) is 0.277. The number of amides is 2. The van der Waals surface area contributed by atoms with Gasteiger partial charge in [-0.1, -0.05) is 52.4 Å². The van der Waals surface area contributed by atoms with Gasteiger partial charge < -0.3 is 20.4 Å². The molecule has 33 heavy (non-hydrogen) atoms. The van der Waals surface area contributed by atoms with Crippen LogP contribution in [0.2, 0.25) is 0 Å². The Morgan fingerprint density at radius 3 is 2.09 bits per heavy atom. The SMILES string of the molecule is CCCCCCC(=O)N1CCCC1C(=O)O.CCCCCCC(=O)NC(CCSC)C(=O)O. The Kier molecular flexibility index (Phi) is 18.6. The van der Waals surface area contributed by atoms with Crippen LogP contribution in [0.1, 0.15) is 97.3 Å². The molecule has 2 unspecified atom stereocenters. The molecule has 0 aromatic rings. The number of carboxylic acids is 2. The second-order valence-electron chi connectivity index (χ2n) is 8.44. The monoisotopic (exact) mass is 488 g/mol. The number of thioether (sulfide) groups is 1. The van der Waals surface area contributed by atoms with Crippen LogP contribution in [0, 0.1) is 0 Å². The van der Waals surface area contributed by atoms with Crippen LogP contribution < -0.4 is 5.32 Å². The van der Waals surface area contributed by atoms with Gasteiger partial charge in [-0.2, -0.15) is 11.8 Å². The smallest absolute Gasteiger partial charge is 0.326 e. The van der Waals surface area contributed by atoms with Crippen LogP contribution in [-0.2, 0) is 19.2 Å². The number of carbonyl (C=O) groups excluding carboxylic acids is 2. The van der Waals surface area contributed by atoms with E-state index in [1.54, 1.807) is 11.8 Å². The van der Waals surface area contributed by atoms with Gasteiger partial charge in [0, 0.05) is 19.4 Å². The first kappa shape index (κ1) is 31.2. The summed E-state index contributed by atoms with van der Waals surface area (Å²) in [6.07, 6.45) is 13.1. The molecule has 2 atom stereocenters. The number of nitrogens with one attached hydrogen (secondary N) is 1. The standard InChI is InChI=1S/C12H23NO3S.C12H21NO3/c1-3-4-5-6-7-11(14)13-10(12(15)16)8-9-17-2;1-2-3-4-5-8-11(14)13-9-6-7-10(13)12(15)16/h10H,3-9H2,1-2H3,(H,13,14)(H,15,16);10H,2-9H2,1H3,(H,15,16). The second kappa shape index (κ2) is 19.7. The number of nitrogens with zero attached hydrogens (tertiary/aromatic N) is 1. The number of rotatable bonds is 16. The van der Waals surface area contributed by atoms with E-state index in [0.717, 1.165) is 63.5 Å². The maximum absolute atomic E-state index is 11.8. The van der Waals surface area contributed by atoms with E-state index >= 15 is 0 Å².